The predicted molar refractivity (Wildman–Crippen MR) is 102 cm³/mol. The Morgan fingerprint density at radius 3 is 3.12 bits per heavy atom. The zero-order valence-electron chi connectivity index (χ0n) is 14.0. The van der Waals surface area contributed by atoms with Gasteiger partial charge in [-0.15, -0.1) is 11.3 Å². The van der Waals surface area contributed by atoms with Gasteiger partial charge >= 0.3 is 0 Å². The minimum absolute atomic E-state index is 0.0543. The van der Waals surface area contributed by atoms with Crippen molar-refractivity contribution in [2.75, 3.05) is 19.8 Å². The standard InChI is InChI=1S/C19H17ClN4OS/c20-18-5-4-17(26-18)15-10-22-19(23-15)16-12-25-7-6-24(16)11-14-3-1-2-13(8-14)9-21/h1-5,8,10,16H,6-7,11-12H2,(H,22,23)/t16-/m0/s1. The summed E-state index contributed by atoms with van der Waals surface area (Å²) < 4.78 is 6.46. The van der Waals surface area contributed by atoms with Gasteiger partial charge in [0.15, 0.2) is 0 Å². The highest BCUT2D eigenvalue weighted by molar-refractivity contribution is 7.19. The fraction of sp³-hybridized carbons (Fsp3) is 0.263. The summed E-state index contributed by atoms with van der Waals surface area (Å²) in [6.45, 7) is 2.87. The first-order chi connectivity index (χ1) is 12.7. The second kappa shape index (κ2) is 7.60. The summed E-state index contributed by atoms with van der Waals surface area (Å²) in [5.74, 6) is 0.890. The number of aromatic amines is 1. The fourth-order valence-electron chi connectivity index (χ4n) is 3.14. The smallest absolute Gasteiger partial charge is 0.126 e. The Kier molecular flexibility index (Phi) is 5.05. The zero-order valence-corrected chi connectivity index (χ0v) is 15.6. The summed E-state index contributed by atoms with van der Waals surface area (Å²) in [5.41, 5.74) is 2.77. The monoisotopic (exact) mass is 384 g/mol. The van der Waals surface area contributed by atoms with E-state index >= 15 is 0 Å². The van der Waals surface area contributed by atoms with Crippen molar-refractivity contribution in [3.05, 3.63) is 63.9 Å². The van der Waals surface area contributed by atoms with E-state index in [9.17, 15) is 0 Å². The van der Waals surface area contributed by atoms with Gasteiger partial charge in [-0.2, -0.15) is 5.26 Å². The van der Waals surface area contributed by atoms with Gasteiger partial charge in [-0.3, -0.25) is 4.90 Å². The molecule has 1 aliphatic rings. The van der Waals surface area contributed by atoms with Crippen LogP contribution in [0, 0.1) is 11.3 Å². The van der Waals surface area contributed by atoms with Gasteiger partial charge in [-0.25, -0.2) is 4.98 Å². The minimum Gasteiger partial charge on any atom is -0.378 e. The van der Waals surface area contributed by atoms with Crippen LogP contribution in [0.5, 0.6) is 0 Å². The van der Waals surface area contributed by atoms with Gasteiger partial charge in [0.2, 0.25) is 0 Å². The number of thiophene rings is 1. The van der Waals surface area contributed by atoms with E-state index in [0.29, 0.717) is 18.8 Å². The van der Waals surface area contributed by atoms with Crippen LogP contribution in [0.25, 0.3) is 10.6 Å². The zero-order chi connectivity index (χ0) is 17.9. The Hall–Kier alpha value is -2.17. The Bertz CT molecular complexity index is 945. The van der Waals surface area contributed by atoms with Gasteiger partial charge in [-0.1, -0.05) is 23.7 Å². The minimum atomic E-state index is 0.0543. The van der Waals surface area contributed by atoms with Gasteiger partial charge in [-0.05, 0) is 29.8 Å². The quantitative estimate of drug-likeness (QED) is 0.730. The molecule has 1 aromatic carbocycles. The molecule has 1 saturated heterocycles. The van der Waals surface area contributed by atoms with E-state index in [4.69, 9.17) is 21.6 Å². The lowest BCUT2D eigenvalue weighted by Crippen LogP contribution is -2.39. The molecule has 0 amide bonds. The molecule has 7 heteroatoms. The largest absolute Gasteiger partial charge is 0.378 e. The summed E-state index contributed by atoms with van der Waals surface area (Å²) in [4.78, 5) is 11.4. The van der Waals surface area contributed by atoms with Gasteiger partial charge in [0.05, 0.1) is 52.0 Å². The normalized spacial score (nSPS) is 17.9. The van der Waals surface area contributed by atoms with Crippen molar-refractivity contribution in [2.45, 2.75) is 12.6 Å². The molecule has 0 radical (unpaired) electrons. The molecule has 3 heterocycles. The van der Waals surface area contributed by atoms with E-state index in [1.807, 2.05) is 36.5 Å². The highest BCUT2D eigenvalue weighted by atomic mass is 35.5. The number of aromatic nitrogens is 2. The third-order valence-corrected chi connectivity index (χ3v) is 5.70. The third-order valence-electron chi connectivity index (χ3n) is 4.43. The number of benzene rings is 1. The van der Waals surface area contributed by atoms with Gasteiger partial charge in [0.25, 0.3) is 0 Å². The Balaban J connectivity index is 1.56. The van der Waals surface area contributed by atoms with Crippen molar-refractivity contribution < 1.29 is 4.74 Å². The average molecular weight is 385 g/mol. The first-order valence-corrected chi connectivity index (χ1v) is 9.54. The lowest BCUT2D eigenvalue weighted by atomic mass is 10.1. The summed E-state index contributed by atoms with van der Waals surface area (Å²) in [6.07, 6.45) is 1.85. The molecule has 4 rings (SSSR count). The first-order valence-electron chi connectivity index (χ1n) is 8.34. The molecule has 2 aromatic heterocycles. The number of ether oxygens (including phenoxy) is 1. The molecular weight excluding hydrogens is 368 g/mol. The average Bonchev–Trinajstić information content (AvgIpc) is 3.31. The topological polar surface area (TPSA) is 64.9 Å². The maximum atomic E-state index is 9.10. The van der Waals surface area contributed by atoms with Crippen LogP contribution >= 0.6 is 22.9 Å². The molecule has 0 saturated carbocycles. The van der Waals surface area contributed by atoms with Crippen LogP contribution in [0.2, 0.25) is 4.34 Å². The number of morpholine rings is 1. The van der Waals surface area contributed by atoms with E-state index in [1.54, 1.807) is 0 Å². The van der Waals surface area contributed by atoms with E-state index in [0.717, 1.165) is 39.4 Å². The van der Waals surface area contributed by atoms with Crippen LogP contribution in [0.15, 0.2) is 42.6 Å². The Labute approximate surface area is 160 Å². The molecule has 132 valence electrons. The highest BCUT2D eigenvalue weighted by Gasteiger charge is 2.27. The Morgan fingerprint density at radius 2 is 2.31 bits per heavy atom. The van der Waals surface area contributed by atoms with Crippen molar-refractivity contribution in [3.63, 3.8) is 0 Å². The highest BCUT2D eigenvalue weighted by Crippen LogP contribution is 2.32. The molecular formula is C19H17ClN4OS. The van der Waals surface area contributed by atoms with Crippen molar-refractivity contribution >= 4 is 22.9 Å². The molecule has 3 aromatic rings. The number of rotatable bonds is 4. The predicted octanol–water partition coefficient (Wildman–Crippen LogP) is 4.24. The molecule has 1 N–H and O–H groups in total. The number of nitriles is 1. The van der Waals surface area contributed by atoms with Crippen LogP contribution in [-0.4, -0.2) is 34.6 Å². The SMILES string of the molecule is N#Cc1cccc(CN2CCOC[C@H]2c2ncc(-c3ccc(Cl)s3)[nH]2)c1. The van der Waals surface area contributed by atoms with Crippen LogP contribution in [0.1, 0.15) is 23.0 Å². The second-order valence-corrected chi connectivity index (χ2v) is 7.87. The maximum Gasteiger partial charge on any atom is 0.126 e. The van der Waals surface area contributed by atoms with Crippen LogP contribution in [-0.2, 0) is 11.3 Å². The number of imidazole rings is 1. The molecule has 0 spiro atoms. The van der Waals surface area contributed by atoms with E-state index in [1.165, 1.54) is 11.3 Å². The van der Waals surface area contributed by atoms with Gasteiger partial charge in [0.1, 0.15) is 5.82 Å². The first kappa shape index (κ1) is 17.3. The fourth-order valence-corrected chi connectivity index (χ4v) is 4.15. The lowest BCUT2D eigenvalue weighted by Gasteiger charge is -2.34. The van der Waals surface area contributed by atoms with Crippen molar-refractivity contribution in [1.82, 2.24) is 14.9 Å². The van der Waals surface area contributed by atoms with Crippen LogP contribution < -0.4 is 0 Å². The summed E-state index contributed by atoms with van der Waals surface area (Å²) in [5, 5.41) is 9.10. The molecule has 26 heavy (non-hydrogen) atoms. The van der Waals surface area contributed by atoms with E-state index in [2.05, 4.69) is 27.0 Å². The third kappa shape index (κ3) is 3.67. The number of H-pyrrole nitrogens is 1. The molecule has 0 bridgehead atoms. The summed E-state index contributed by atoms with van der Waals surface area (Å²) in [6, 6.07) is 13.9. The number of hydrogen-bond acceptors (Lipinski definition) is 5. The number of nitrogens with zero attached hydrogens (tertiary/aromatic N) is 3. The van der Waals surface area contributed by atoms with Gasteiger partial charge < -0.3 is 9.72 Å². The van der Waals surface area contributed by atoms with Crippen molar-refractivity contribution in [2.24, 2.45) is 0 Å². The van der Waals surface area contributed by atoms with Crippen LogP contribution in [0.4, 0.5) is 0 Å². The molecule has 5 nitrogen and oxygen atoms in total. The molecule has 1 fully saturated rings. The summed E-state index contributed by atoms with van der Waals surface area (Å²) >= 11 is 7.56. The maximum absolute atomic E-state index is 9.10. The number of nitrogens with one attached hydrogen (secondary N) is 1. The molecule has 1 atom stereocenters. The molecule has 1 aliphatic heterocycles. The lowest BCUT2D eigenvalue weighted by molar-refractivity contribution is -0.0156. The van der Waals surface area contributed by atoms with Crippen molar-refractivity contribution in [3.8, 4) is 16.6 Å². The van der Waals surface area contributed by atoms with Crippen LogP contribution in [0.3, 0.4) is 0 Å². The summed E-state index contributed by atoms with van der Waals surface area (Å²) in [7, 11) is 0. The number of hydrogen-bond donors (Lipinski definition) is 1. The Morgan fingerprint density at radius 1 is 1.38 bits per heavy atom. The van der Waals surface area contributed by atoms with E-state index < -0.39 is 0 Å². The second-order valence-electron chi connectivity index (χ2n) is 6.16. The van der Waals surface area contributed by atoms with Crippen molar-refractivity contribution in [1.29, 1.82) is 5.26 Å². The van der Waals surface area contributed by atoms with E-state index in [-0.39, 0.29) is 6.04 Å². The number of halogens is 1. The van der Waals surface area contributed by atoms with Gasteiger partial charge in [0, 0.05) is 13.1 Å². The molecule has 0 aliphatic carbocycles. The molecule has 0 unspecified atom stereocenters.